The predicted molar refractivity (Wildman–Crippen MR) is 112 cm³/mol. The van der Waals surface area contributed by atoms with Gasteiger partial charge in [0, 0.05) is 17.7 Å². The zero-order valence-electron chi connectivity index (χ0n) is 15.6. The average Bonchev–Trinajstić information content (AvgIpc) is 3.25. The lowest BCUT2D eigenvalue weighted by Crippen LogP contribution is -2.02. The molecule has 148 valence electrons. The molecule has 0 saturated carbocycles. The monoisotopic (exact) mass is 409 g/mol. The highest BCUT2D eigenvalue weighted by Crippen LogP contribution is 2.28. The first kappa shape index (κ1) is 18.8. The molecule has 0 bridgehead atoms. The molecular weight excluding hydrogens is 390 g/mol. The highest BCUT2D eigenvalue weighted by atomic mass is 32.1. The van der Waals surface area contributed by atoms with Crippen molar-refractivity contribution in [3.05, 3.63) is 75.7 Å². The van der Waals surface area contributed by atoms with Crippen LogP contribution in [0.3, 0.4) is 0 Å². The SMILES string of the molecule is Cc1oc(-c2ccccc2)nc1CCOc1ccc(Nc2sc(=O)[nH]c2O)cc1. The van der Waals surface area contributed by atoms with E-state index in [9.17, 15) is 9.90 Å². The summed E-state index contributed by atoms with van der Waals surface area (Å²) < 4.78 is 11.6. The maximum Gasteiger partial charge on any atom is 0.309 e. The zero-order chi connectivity index (χ0) is 20.2. The van der Waals surface area contributed by atoms with Gasteiger partial charge >= 0.3 is 4.87 Å². The second-order valence-electron chi connectivity index (χ2n) is 6.33. The number of rotatable bonds is 7. The minimum atomic E-state index is -0.316. The number of aromatic nitrogens is 2. The van der Waals surface area contributed by atoms with Crippen LogP contribution in [-0.2, 0) is 6.42 Å². The van der Waals surface area contributed by atoms with Gasteiger partial charge in [0.15, 0.2) is 5.00 Å². The Balaban J connectivity index is 1.33. The second kappa shape index (κ2) is 8.24. The summed E-state index contributed by atoms with van der Waals surface area (Å²) in [6.45, 7) is 2.37. The van der Waals surface area contributed by atoms with Crippen LogP contribution >= 0.6 is 11.3 Å². The Labute approximate surface area is 170 Å². The number of aromatic hydroxyl groups is 1. The molecule has 4 rings (SSSR count). The molecule has 3 N–H and O–H groups in total. The topological polar surface area (TPSA) is 100 Å². The fourth-order valence-electron chi connectivity index (χ4n) is 2.80. The first-order chi connectivity index (χ1) is 14.1. The standard InChI is InChI=1S/C21H19N3O4S/c1-13-17(23-19(28-13)14-5-3-2-4-6-14)11-12-27-16-9-7-15(8-10-16)22-20-18(25)24-21(26)29-20/h2-10,22,25H,11-12H2,1H3,(H,24,26). The van der Waals surface area contributed by atoms with Gasteiger partial charge in [0.2, 0.25) is 11.8 Å². The number of aryl methyl sites for hydroxylation is 1. The third-order valence-corrected chi connectivity index (χ3v) is 5.05. The van der Waals surface area contributed by atoms with Gasteiger partial charge in [0.25, 0.3) is 0 Å². The average molecular weight is 409 g/mol. The number of benzene rings is 2. The third-order valence-electron chi connectivity index (χ3n) is 4.26. The van der Waals surface area contributed by atoms with Gasteiger partial charge in [-0.15, -0.1) is 0 Å². The number of aromatic amines is 1. The zero-order valence-corrected chi connectivity index (χ0v) is 16.5. The number of ether oxygens (including phenoxy) is 1. The Morgan fingerprint density at radius 2 is 1.93 bits per heavy atom. The molecule has 0 atom stereocenters. The normalized spacial score (nSPS) is 10.8. The van der Waals surface area contributed by atoms with Gasteiger partial charge in [-0.1, -0.05) is 29.5 Å². The van der Waals surface area contributed by atoms with E-state index in [0.29, 0.717) is 29.7 Å². The minimum absolute atomic E-state index is 0.168. The van der Waals surface area contributed by atoms with E-state index in [1.54, 1.807) is 0 Å². The van der Waals surface area contributed by atoms with Crippen LogP contribution in [0.25, 0.3) is 11.5 Å². The van der Waals surface area contributed by atoms with Crippen LogP contribution in [0.5, 0.6) is 11.6 Å². The van der Waals surface area contributed by atoms with Crippen molar-refractivity contribution in [2.24, 2.45) is 0 Å². The van der Waals surface area contributed by atoms with E-state index in [1.807, 2.05) is 61.5 Å². The molecule has 4 aromatic rings. The summed E-state index contributed by atoms with van der Waals surface area (Å²) in [5, 5.41) is 13.0. The van der Waals surface area contributed by atoms with Crippen LogP contribution in [0.4, 0.5) is 10.7 Å². The largest absolute Gasteiger partial charge is 0.493 e. The van der Waals surface area contributed by atoms with E-state index in [-0.39, 0.29) is 10.8 Å². The second-order valence-corrected chi connectivity index (χ2v) is 7.31. The van der Waals surface area contributed by atoms with Crippen LogP contribution in [0.15, 0.2) is 63.8 Å². The Bertz CT molecular complexity index is 1150. The molecule has 0 spiro atoms. The molecular formula is C21H19N3O4S. The molecule has 2 aromatic carbocycles. The minimum Gasteiger partial charge on any atom is -0.493 e. The first-order valence-corrected chi connectivity index (χ1v) is 9.84. The van der Waals surface area contributed by atoms with Crippen molar-refractivity contribution in [3.8, 4) is 23.1 Å². The number of nitrogens with zero attached hydrogens (tertiary/aromatic N) is 1. The maximum atomic E-state index is 11.2. The number of hydrogen-bond donors (Lipinski definition) is 3. The van der Waals surface area contributed by atoms with E-state index in [4.69, 9.17) is 9.15 Å². The lowest BCUT2D eigenvalue weighted by Gasteiger charge is -2.07. The van der Waals surface area contributed by atoms with E-state index in [2.05, 4.69) is 15.3 Å². The fourth-order valence-corrected chi connectivity index (χ4v) is 3.45. The van der Waals surface area contributed by atoms with Crippen LogP contribution < -0.4 is 14.9 Å². The van der Waals surface area contributed by atoms with Gasteiger partial charge < -0.3 is 19.6 Å². The van der Waals surface area contributed by atoms with Crippen LogP contribution in [0, 0.1) is 6.92 Å². The van der Waals surface area contributed by atoms with Crippen LogP contribution in [0.2, 0.25) is 0 Å². The Hall–Kier alpha value is -3.52. The van der Waals surface area contributed by atoms with Crippen molar-refractivity contribution in [1.29, 1.82) is 0 Å². The Morgan fingerprint density at radius 1 is 1.17 bits per heavy atom. The molecule has 0 aliphatic rings. The Morgan fingerprint density at radius 3 is 2.62 bits per heavy atom. The highest BCUT2D eigenvalue weighted by molar-refractivity contribution is 7.13. The first-order valence-electron chi connectivity index (χ1n) is 9.02. The molecule has 0 radical (unpaired) electrons. The van der Waals surface area contributed by atoms with E-state index in [0.717, 1.165) is 34.0 Å². The molecule has 29 heavy (non-hydrogen) atoms. The van der Waals surface area contributed by atoms with E-state index in [1.165, 1.54) is 0 Å². The molecule has 2 heterocycles. The number of anilines is 2. The highest BCUT2D eigenvalue weighted by Gasteiger charge is 2.11. The van der Waals surface area contributed by atoms with Gasteiger partial charge in [-0.3, -0.25) is 9.78 Å². The van der Waals surface area contributed by atoms with Crippen molar-refractivity contribution in [2.75, 3.05) is 11.9 Å². The van der Waals surface area contributed by atoms with Gasteiger partial charge in [0.1, 0.15) is 11.5 Å². The predicted octanol–water partition coefficient (Wildman–Crippen LogP) is 4.47. The van der Waals surface area contributed by atoms with E-state index >= 15 is 0 Å². The summed E-state index contributed by atoms with van der Waals surface area (Å²) in [5.74, 6) is 1.95. The molecule has 0 aliphatic carbocycles. The summed E-state index contributed by atoms with van der Waals surface area (Å²) in [7, 11) is 0. The van der Waals surface area contributed by atoms with Crippen molar-refractivity contribution in [3.63, 3.8) is 0 Å². The molecule has 0 aliphatic heterocycles. The van der Waals surface area contributed by atoms with Gasteiger partial charge in [-0.2, -0.15) is 0 Å². The number of H-pyrrole nitrogens is 1. The number of hydrogen-bond acceptors (Lipinski definition) is 7. The summed E-state index contributed by atoms with van der Waals surface area (Å²) >= 11 is 0.907. The third kappa shape index (κ3) is 4.49. The molecule has 0 amide bonds. The summed E-state index contributed by atoms with van der Waals surface area (Å²) in [4.78, 5) is 17.8. The molecule has 7 nitrogen and oxygen atoms in total. The summed E-state index contributed by atoms with van der Waals surface area (Å²) in [6.07, 6.45) is 0.632. The summed E-state index contributed by atoms with van der Waals surface area (Å²) in [5.41, 5.74) is 2.56. The van der Waals surface area contributed by atoms with Gasteiger partial charge in [-0.25, -0.2) is 4.98 Å². The van der Waals surface area contributed by atoms with Crippen LogP contribution in [-0.4, -0.2) is 21.7 Å². The molecule has 0 fully saturated rings. The van der Waals surface area contributed by atoms with Crippen molar-refractivity contribution in [2.45, 2.75) is 13.3 Å². The van der Waals surface area contributed by atoms with Crippen molar-refractivity contribution >= 4 is 22.0 Å². The number of oxazole rings is 1. The Kier molecular flexibility index (Phi) is 5.35. The molecule has 2 aromatic heterocycles. The lowest BCUT2D eigenvalue weighted by molar-refractivity contribution is 0.320. The van der Waals surface area contributed by atoms with Crippen molar-refractivity contribution in [1.82, 2.24) is 9.97 Å². The molecule has 0 unspecified atom stereocenters. The van der Waals surface area contributed by atoms with Crippen molar-refractivity contribution < 1.29 is 14.3 Å². The number of thiazole rings is 1. The maximum absolute atomic E-state index is 11.2. The summed E-state index contributed by atoms with van der Waals surface area (Å²) in [6, 6.07) is 17.1. The quantitative estimate of drug-likeness (QED) is 0.416. The van der Waals surface area contributed by atoms with Gasteiger partial charge in [0.05, 0.1) is 12.3 Å². The fraction of sp³-hybridized carbons (Fsp3) is 0.143. The van der Waals surface area contributed by atoms with Crippen LogP contribution in [0.1, 0.15) is 11.5 Å². The van der Waals surface area contributed by atoms with Gasteiger partial charge in [-0.05, 0) is 43.3 Å². The molecule has 8 heteroatoms. The van der Waals surface area contributed by atoms with E-state index < -0.39 is 0 Å². The number of nitrogens with one attached hydrogen (secondary N) is 2. The smallest absolute Gasteiger partial charge is 0.309 e. The lowest BCUT2D eigenvalue weighted by atomic mass is 10.2. The molecule has 0 saturated heterocycles.